The van der Waals surface area contributed by atoms with E-state index in [1.807, 2.05) is 0 Å². The van der Waals surface area contributed by atoms with Crippen molar-refractivity contribution in [1.29, 1.82) is 0 Å². The van der Waals surface area contributed by atoms with Gasteiger partial charge in [-0.1, -0.05) is 12.1 Å². The van der Waals surface area contributed by atoms with E-state index in [0.717, 1.165) is 30.5 Å². The van der Waals surface area contributed by atoms with E-state index in [1.54, 1.807) is 6.07 Å². The zero-order valence-electron chi connectivity index (χ0n) is 17.4. The Balaban J connectivity index is 1.76. The van der Waals surface area contributed by atoms with E-state index in [2.05, 4.69) is 10.5 Å². The lowest BCUT2D eigenvalue weighted by atomic mass is 10.1. The van der Waals surface area contributed by atoms with E-state index in [1.165, 1.54) is 30.3 Å². The molecule has 1 N–H and O–H groups in total. The van der Waals surface area contributed by atoms with Gasteiger partial charge in [0.25, 0.3) is 23.0 Å². The standard InChI is InChI=1S/C21H13N5O9/c27-20(13-5-7-16(8-6-13)24(29)30)23-22-12-14-3-1-2-4-19(14)35-21(28)15-9-17(25(31)32)11-18(10-15)26(33)34/h1-12H,(H,23,27)/b22-12-. The lowest BCUT2D eigenvalue weighted by Gasteiger charge is -2.07. The zero-order valence-corrected chi connectivity index (χ0v) is 17.4. The maximum Gasteiger partial charge on any atom is 0.344 e. The van der Waals surface area contributed by atoms with Gasteiger partial charge in [0.05, 0.1) is 32.6 Å². The Morgan fingerprint density at radius 2 is 1.34 bits per heavy atom. The molecular formula is C21H13N5O9. The number of nitrogens with zero attached hydrogens (tertiary/aromatic N) is 4. The van der Waals surface area contributed by atoms with E-state index >= 15 is 0 Å². The average Bonchev–Trinajstić information content (AvgIpc) is 2.84. The highest BCUT2D eigenvalue weighted by Crippen LogP contribution is 2.25. The van der Waals surface area contributed by atoms with E-state index in [4.69, 9.17) is 4.74 Å². The molecule has 0 atom stereocenters. The highest BCUT2D eigenvalue weighted by molar-refractivity contribution is 5.96. The molecule has 3 aromatic carbocycles. The summed E-state index contributed by atoms with van der Waals surface area (Å²) < 4.78 is 5.23. The number of nitrogens with one attached hydrogen (secondary N) is 1. The maximum absolute atomic E-state index is 12.5. The molecule has 0 radical (unpaired) electrons. The molecule has 0 unspecified atom stereocenters. The summed E-state index contributed by atoms with van der Waals surface area (Å²) in [6.07, 6.45) is 1.15. The van der Waals surface area contributed by atoms with Gasteiger partial charge in [0, 0.05) is 35.4 Å². The number of amides is 1. The molecular weight excluding hydrogens is 466 g/mol. The fourth-order valence-electron chi connectivity index (χ4n) is 2.72. The van der Waals surface area contributed by atoms with Crippen LogP contribution in [0.25, 0.3) is 0 Å². The molecule has 0 saturated carbocycles. The lowest BCUT2D eigenvalue weighted by molar-refractivity contribution is -0.394. The first kappa shape index (κ1) is 24.1. The van der Waals surface area contributed by atoms with Crippen LogP contribution in [0.2, 0.25) is 0 Å². The first-order valence-corrected chi connectivity index (χ1v) is 9.48. The molecule has 1 amide bonds. The maximum atomic E-state index is 12.5. The number of nitro groups is 3. The van der Waals surface area contributed by atoms with Crippen LogP contribution in [0.4, 0.5) is 17.1 Å². The summed E-state index contributed by atoms with van der Waals surface area (Å²) >= 11 is 0. The van der Waals surface area contributed by atoms with E-state index in [9.17, 15) is 39.9 Å². The largest absolute Gasteiger partial charge is 0.422 e. The molecule has 0 aromatic heterocycles. The minimum Gasteiger partial charge on any atom is -0.422 e. The third-order valence-electron chi connectivity index (χ3n) is 4.39. The van der Waals surface area contributed by atoms with E-state index in [-0.39, 0.29) is 22.6 Å². The number of hydrogen-bond donors (Lipinski definition) is 1. The minimum absolute atomic E-state index is 0.0417. The molecule has 0 aliphatic heterocycles. The van der Waals surface area contributed by atoms with Crippen LogP contribution in [-0.4, -0.2) is 32.9 Å². The fraction of sp³-hybridized carbons (Fsp3) is 0. The van der Waals surface area contributed by atoms with E-state index in [0.29, 0.717) is 6.07 Å². The molecule has 14 heteroatoms. The second kappa shape index (κ2) is 10.4. The van der Waals surface area contributed by atoms with Crippen molar-refractivity contribution >= 4 is 35.2 Å². The second-order valence-corrected chi connectivity index (χ2v) is 6.68. The Morgan fingerprint density at radius 1 is 0.771 bits per heavy atom. The first-order valence-electron chi connectivity index (χ1n) is 9.48. The van der Waals surface area contributed by atoms with Crippen LogP contribution < -0.4 is 10.2 Å². The summed E-state index contributed by atoms with van der Waals surface area (Å²) in [5.41, 5.74) is 0.643. The van der Waals surface area contributed by atoms with Crippen molar-refractivity contribution in [3.8, 4) is 5.75 Å². The number of rotatable bonds is 8. The Morgan fingerprint density at radius 3 is 1.91 bits per heavy atom. The molecule has 35 heavy (non-hydrogen) atoms. The zero-order chi connectivity index (χ0) is 25.5. The highest BCUT2D eigenvalue weighted by Gasteiger charge is 2.21. The van der Waals surface area contributed by atoms with Gasteiger partial charge >= 0.3 is 5.97 Å². The number of esters is 1. The van der Waals surface area contributed by atoms with Crippen LogP contribution in [0.5, 0.6) is 5.75 Å². The van der Waals surface area contributed by atoms with Gasteiger partial charge in [0.2, 0.25) is 0 Å². The van der Waals surface area contributed by atoms with Gasteiger partial charge < -0.3 is 4.74 Å². The van der Waals surface area contributed by atoms with Crippen molar-refractivity contribution in [2.24, 2.45) is 5.10 Å². The summed E-state index contributed by atoms with van der Waals surface area (Å²) in [6, 6.07) is 13.2. The summed E-state index contributed by atoms with van der Waals surface area (Å²) in [5.74, 6) is -1.79. The lowest BCUT2D eigenvalue weighted by Crippen LogP contribution is -2.17. The number of carbonyl (C=O) groups excluding carboxylic acids is 2. The van der Waals surface area contributed by atoms with Crippen molar-refractivity contribution in [2.75, 3.05) is 0 Å². The number of carbonyl (C=O) groups is 2. The van der Waals surface area contributed by atoms with Gasteiger partial charge in [0.15, 0.2) is 0 Å². The number of nitro benzene ring substituents is 3. The Hall–Kier alpha value is -5.53. The molecule has 0 bridgehead atoms. The monoisotopic (exact) mass is 479 g/mol. The third-order valence-corrected chi connectivity index (χ3v) is 4.39. The molecule has 0 heterocycles. The van der Waals surface area contributed by atoms with E-state index < -0.39 is 43.6 Å². The summed E-state index contributed by atoms with van der Waals surface area (Å²) in [6.45, 7) is 0. The first-order chi connectivity index (χ1) is 16.7. The summed E-state index contributed by atoms with van der Waals surface area (Å²) in [4.78, 5) is 55.1. The highest BCUT2D eigenvalue weighted by atomic mass is 16.6. The van der Waals surface area contributed by atoms with Crippen molar-refractivity contribution in [3.63, 3.8) is 0 Å². The number of benzene rings is 3. The van der Waals surface area contributed by atoms with Gasteiger partial charge in [-0.05, 0) is 24.3 Å². The topological polar surface area (TPSA) is 197 Å². The molecule has 0 aliphatic carbocycles. The molecule has 0 spiro atoms. The molecule has 0 fully saturated rings. The molecule has 3 aromatic rings. The number of ether oxygens (including phenoxy) is 1. The molecule has 0 aliphatic rings. The minimum atomic E-state index is -1.09. The van der Waals surface area contributed by atoms with Gasteiger partial charge in [-0.2, -0.15) is 5.10 Å². The Kier molecular flexibility index (Phi) is 7.16. The average molecular weight is 479 g/mol. The van der Waals surface area contributed by atoms with Crippen molar-refractivity contribution in [1.82, 2.24) is 5.43 Å². The number of non-ortho nitro benzene ring substituents is 3. The van der Waals surface area contributed by atoms with Crippen LogP contribution in [0.3, 0.4) is 0 Å². The number of hydrogen-bond acceptors (Lipinski definition) is 10. The quantitative estimate of drug-likeness (QED) is 0.165. The predicted molar refractivity (Wildman–Crippen MR) is 119 cm³/mol. The Bertz CT molecular complexity index is 1340. The van der Waals surface area contributed by atoms with Crippen LogP contribution in [0, 0.1) is 30.3 Å². The molecule has 176 valence electrons. The van der Waals surface area contributed by atoms with Crippen molar-refractivity contribution < 1.29 is 29.1 Å². The molecule has 14 nitrogen and oxygen atoms in total. The van der Waals surface area contributed by atoms with Crippen molar-refractivity contribution in [2.45, 2.75) is 0 Å². The Labute approximate surface area is 194 Å². The van der Waals surface area contributed by atoms with Crippen LogP contribution in [-0.2, 0) is 0 Å². The van der Waals surface area contributed by atoms with Gasteiger partial charge in [-0.15, -0.1) is 0 Å². The number of hydrazone groups is 1. The SMILES string of the molecule is O=C(N/N=C\c1ccccc1OC(=O)c1cc([N+](=O)[O-])cc([N+](=O)[O-])c1)c1ccc([N+](=O)[O-])cc1. The third kappa shape index (κ3) is 6.04. The van der Waals surface area contributed by atoms with Crippen LogP contribution >= 0.6 is 0 Å². The molecule has 3 rings (SSSR count). The van der Waals surface area contributed by atoms with Crippen LogP contribution in [0.1, 0.15) is 26.3 Å². The second-order valence-electron chi connectivity index (χ2n) is 6.68. The van der Waals surface area contributed by atoms with Crippen LogP contribution in [0.15, 0.2) is 71.8 Å². The normalized spacial score (nSPS) is 10.5. The molecule has 0 saturated heterocycles. The summed E-state index contributed by atoms with van der Waals surface area (Å²) in [5, 5.41) is 36.5. The van der Waals surface area contributed by atoms with Gasteiger partial charge in [0.1, 0.15) is 5.75 Å². The van der Waals surface area contributed by atoms with Crippen molar-refractivity contribution in [3.05, 3.63) is 114 Å². The summed E-state index contributed by atoms with van der Waals surface area (Å²) in [7, 11) is 0. The van der Waals surface area contributed by atoms with Gasteiger partial charge in [-0.3, -0.25) is 35.1 Å². The number of para-hydroxylation sites is 1. The smallest absolute Gasteiger partial charge is 0.344 e. The van der Waals surface area contributed by atoms with Gasteiger partial charge in [-0.25, -0.2) is 10.2 Å². The predicted octanol–water partition coefficient (Wildman–Crippen LogP) is 3.39. The fourth-order valence-corrected chi connectivity index (χ4v) is 2.72.